The lowest BCUT2D eigenvalue weighted by Crippen LogP contribution is -2.26. The molecule has 0 unspecified atom stereocenters. The molecule has 1 fully saturated rings. The number of benzene rings is 1. The molecule has 102 valence electrons. The second kappa shape index (κ2) is 5.29. The molecule has 1 heterocycles. The summed E-state index contributed by atoms with van der Waals surface area (Å²) in [5, 5.41) is 5.99. The molecule has 3 rings (SSSR count). The Labute approximate surface area is 112 Å². The minimum absolute atomic E-state index is 0.0229. The fourth-order valence-corrected chi connectivity index (χ4v) is 3.05. The van der Waals surface area contributed by atoms with Gasteiger partial charge in [-0.3, -0.25) is 4.79 Å². The fourth-order valence-electron chi connectivity index (χ4n) is 3.05. The number of anilines is 1. The summed E-state index contributed by atoms with van der Waals surface area (Å²) in [6.45, 7) is 1.51. The number of hydrogen-bond acceptors (Lipinski definition) is 2. The minimum Gasteiger partial charge on any atom is -0.323 e. The molecule has 0 bridgehead atoms. The zero-order chi connectivity index (χ0) is 13.2. The van der Waals surface area contributed by atoms with Gasteiger partial charge in [0.2, 0.25) is 5.91 Å². The molecule has 2 aliphatic rings. The summed E-state index contributed by atoms with van der Waals surface area (Å²) in [6, 6.07) is 3.60. The number of carbonyl (C=O) groups excluding carboxylic acids is 1. The molecule has 1 saturated carbocycles. The Bertz CT molecular complexity index is 495. The van der Waals surface area contributed by atoms with Gasteiger partial charge in [0, 0.05) is 12.5 Å². The van der Waals surface area contributed by atoms with Crippen LogP contribution >= 0.6 is 0 Å². The number of amides is 1. The molecule has 3 nitrogen and oxygen atoms in total. The van der Waals surface area contributed by atoms with Crippen molar-refractivity contribution >= 4 is 11.6 Å². The van der Waals surface area contributed by atoms with Crippen LogP contribution in [0, 0.1) is 11.7 Å². The van der Waals surface area contributed by atoms with Gasteiger partial charge in [0.05, 0.1) is 5.69 Å². The summed E-state index contributed by atoms with van der Waals surface area (Å²) in [5.41, 5.74) is 2.10. The first-order valence-electron chi connectivity index (χ1n) is 7.07. The zero-order valence-electron chi connectivity index (χ0n) is 11.0. The van der Waals surface area contributed by atoms with E-state index in [-0.39, 0.29) is 17.6 Å². The zero-order valence-corrected chi connectivity index (χ0v) is 11.0. The van der Waals surface area contributed by atoms with Crippen LogP contribution in [0.4, 0.5) is 10.1 Å². The largest absolute Gasteiger partial charge is 0.323 e. The Balaban J connectivity index is 1.79. The Morgan fingerprint density at radius 1 is 1.32 bits per heavy atom. The predicted molar refractivity (Wildman–Crippen MR) is 72.4 cm³/mol. The first kappa shape index (κ1) is 12.6. The minimum atomic E-state index is -0.245. The summed E-state index contributed by atoms with van der Waals surface area (Å²) in [4.78, 5) is 12.0. The van der Waals surface area contributed by atoms with Gasteiger partial charge in [-0.25, -0.2) is 4.39 Å². The molecule has 19 heavy (non-hydrogen) atoms. The molecule has 4 heteroatoms. The highest BCUT2D eigenvalue weighted by atomic mass is 19.1. The molecule has 1 aliphatic carbocycles. The summed E-state index contributed by atoms with van der Waals surface area (Å²) in [5.74, 6) is -0.201. The number of nitrogens with one attached hydrogen (secondary N) is 2. The quantitative estimate of drug-likeness (QED) is 0.860. The van der Waals surface area contributed by atoms with Crippen LogP contribution in [0.3, 0.4) is 0 Å². The van der Waals surface area contributed by atoms with Crippen LogP contribution in [0.5, 0.6) is 0 Å². The number of halogens is 1. The van der Waals surface area contributed by atoms with Gasteiger partial charge >= 0.3 is 0 Å². The third-order valence-electron chi connectivity index (χ3n) is 4.19. The van der Waals surface area contributed by atoms with E-state index in [0.717, 1.165) is 43.4 Å². The first-order chi connectivity index (χ1) is 9.25. The van der Waals surface area contributed by atoms with Crippen molar-refractivity contribution in [1.29, 1.82) is 0 Å². The van der Waals surface area contributed by atoms with Crippen molar-refractivity contribution in [3.63, 3.8) is 0 Å². The van der Waals surface area contributed by atoms with E-state index in [1.807, 2.05) is 6.07 Å². The van der Waals surface area contributed by atoms with Crippen molar-refractivity contribution in [2.45, 2.75) is 38.6 Å². The molecule has 1 aromatic carbocycles. The number of fused-ring (bicyclic) bond motifs is 1. The fraction of sp³-hybridized carbons (Fsp3) is 0.533. The SMILES string of the molecule is O=C(Nc1ccc2c(c1F)CCNC2)C1CCCC1. The molecule has 0 aromatic heterocycles. The van der Waals surface area contributed by atoms with Crippen LogP contribution in [0.15, 0.2) is 12.1 Å². The topological polar surface area (TPSA) is 41.1 Å². The molecule has 0 radical (unpaired) electrons. The second-order valence-electron chi connectivity index (χ2n) is 5.46. The third-order valence-corrected chi connectivity index (χ3v) is 4.19. The maximum atomic E-state index is 14.4. The van der Waals surface area contributed by atoms with E-state index in [2.05, 4.69) is 10.6 Å². The van der Waals surface area contributed by atoms with Gasteiger partial charge in [-0.2, -0.15) is 0 Å². The standard InChI is InChI=1S/C15H19FN2O/c16-14-12-7-8-17-9-11(12)5-6-13(14)18-15(19)10-3-1-2-4-10/h5-6,10,17H,1-4,7-9H2,(H,18,19). The Hall–Kier alpha value is -1.42. The molecule has 0 atom stereocenters. The molecular formula is C15H19FN2O. The summed E-state index contributed by atoms with van der Waals surface area (Å²) < 4.78 is 14.4. The molecule has 1 aromatic rings. The van der Waals surface area contributed by atoms with Gasteiger partial charge in [0.15, 0.2) is 0 Å². The van der Waals surface area contributed by atoms with Crippen LogP contribution < -0.4 is 10.6 Å². The molecular weight excluding hydrogens is 243 g/mol. The van der Waals surface area contributed by atoms with Gasteiger partial charge in [0.25, 0.3) is 0 Å². The second-order valence-corrected chi connectivity index (χ2v) is 5.46. The van der Waals surface area contributed by atoms with Crippen molar-refractivity contribution in [2.75, 3.05) is 11.9 Å². The average molecular weight is 262 g/mol. The van der Waals surface area contributed by atoms with E-state index in [9.17, 15) is 9.18 Å². The summed E-state index contributed by atoms with van der Waals surface area (Å²) in [7, 11) is 0. The molecule has 1 amide bonds. The smallest absolute Gasteiger partial charge is 0.227 e. The molecule has 0 spiro atoms. The van der Waals surface area contributed by atoms with Gasteiger partial charge in [0.1, 0.15) is 5.82 Å². The highest BCUT2D eigenvalue weighted by molar-refractivity contribution is 5.93. The molecule has 1 aliphatic heterocycles. The van der Waals surface area contributed by atoms with Gasteiger partial charge in [-0.15, -0.1) is 0 Å². The van der Waals surface area contributed by atoms with E-state index in [4.69, 9.17) is 0 Å². The van der Waals surface area contributed by atoms with Crippen molar-refractivity contribution in [1.82, 2.24) is 5.32 Å². The normalized spacial score (nSPS) is 19.2. The summed E-state index contributed by atoms with van der Waals surface area (Å²) in [6.07, 6.45) is 4.77. The van der Waals surface area contributed by atoms with E-state index < -0.39 is 0 Å². The van der Waals surface area contributed by atoms with Crippen LogP contribution in [0.2, 0.25) is 0 Å². The number of carbonyl (C=O) groups is 1. The Morgan fingerprint density at radius 3 is 2.89 bits per heavy atom. The van der Waals surface area contributed by atoms with Crippen molar-refractivity contribution in [3.05, 3.63) is 29.1 Å². The maximum Gasteiger partial charge on any atom is 0.227 e. The average Bonchev–Trinajstić information content (AvgIpc) is 2.96. The highest BCUT2D eigenvalue weighted by Crippen LogP contribution is 2.28. The maximum absolute atomic E-state index is 14.4. The molecule has 2 N–H and O–H groups in total. The van der Waals surface area contributed by atoms with Crippen LogP contribution in [0.25, 0.3) is 0 Å². The van der Waals surface area contributed by atoms with E-state index in [1.165, 1.54) is 0 Å². The lowest BCUT2D eigenvalue weighted by atomic mass is 9.99. The van der Waals surface area contributed by atoms with Gasteiger partial charge in [-0.05, 0) is 43.0 Å². The van der Waals surface area contributed by atoms with Gasteiger partial charge < -0.3 is 10.6 Å². The summed E-state index contributed by atoms with van der Waals surface area (Å²) >= 11 is 0. The molecule has 0 saturated heterocycles. The van der Waals surface area contributed by atoms with Crippen molar-refractivity contribution < 1.29 is 9.18 Å². The van der Waals surface area contributed by atoms with E-state index in [0.29, 0.717) is 18.7 Å². The third kappa shape index (κ3) is 2.50. The van der Waals surface area contributed by atoms with E-state index >= 15 is 0 Å². The van der Waals surface area contributed by atoms with E-state index in [1.54, 1.807) is 6.07 Å². The van der Waals surface area contributed by atoms with Crippen LogP contribution in [-0.2, 0) is 17.8 Å². The van der Waals surface area contributed by atoms with Crippen LogP contribution in [-0.4, -0.2) is 12.5 Å². The van der Waals surface area contributed by atoms with Crippen LogP contribution in [0.1, 0.15) is 36.8 Å². The first-order valence-corrected chi connectivity index (χ1v) is 7.07. The number of hydrogen-bond donors (Lipinski definition) is 2. The Kier molecular flexibility index (Phi) is 3.51. The van der Waals surface area contributed by atoms with Crippen molar-refractivity contribution in [2.24, 2.45) is 5.92 Å². The van der Waals surface area contributed by atoms with Crippen molar-refractivity contribution in [3.8, 4) is 0 Å². The number of rotatable bonds is 2. The highest BCUT2D eigenvalue weighted by Gasteiger charge is 2.24. The van der Waals surface area contributed by atoms with Gasteiger partial charge in [-0.1, -0.05) is 18.9 Å². The predicted octanol–water partition coefficient (Wildman–Crippen LogP) is 2.60. The lowest BCUT2D eigenvalue weighted by molar-refractivity contribution is -0.119. The lowest BCUT2D eigenvalue weighted by Gasteiger charge is -2.20. The Morgan fingerprint density at radius 2 is 2.11 bits per heavy atom. The monoisotopic (exact) mass is 262 g/mol.